The molecule has 6 heteroatoms. The number of hydrogen-bond acceptors (Lipinski definition) is 3. The summed E-state index contributed by atoms with van der Waals surface area (Å²) in [5, 5.41) is 6.66. The average Bonchev–Trinajstić information content (AvgIpc) is 3.41. The fraction of sp³-hybridized carbons (Fsp3) is 0.632. The normalized spacial score (nSPS) is 14.1. The molecule has 0 saturated heterocycles. The third-order valence-electron chi connectivity index (χ3n) is 3.98. The van der Waals surface area contributed by atoms with E-state index in [1.165, 1.54) is 24.0 Å². The fourth-order valence-corrected chi connectivity index (χ4v) is 2.43. The quantitative estimate of drug-likeness (QED) is 0.230. The van der Waals surface area contributed by atoms with Crippen LogP contribution in [0.3, 0.4) is 0 Å². The first-order valence-electron chi connectivity index (χ1n) is 8.99. The molecule has 0 aliphatic heterocycles. The van der Waals surface area contributed by atoms with Crippen LogP contribution in [0.25, 0.3) is 0 Å². The summed E-state index contributed by atoms with van der Waals surface area (Å²) in [5.41, 5.74) is 2.39. The van der Waals surface area contributed by atoms with Crippen LogP contribution in [0, 0.1) is 5.92 Å². The van der Waals surface area contributed by atoms with Gasteiger partial charge < -0.3 is 20.1 Å². The van der Waals surface area contributed by atoms with Crippen LogP contribution in [0.15, 0.2) is 29.3 Å². The number of rotatable bonds is 11. The second-order valence-electron chi connectivity index (χ2n) is 6.20. The molecule has 0 aromatic heterocycles. The van der Waals surface area contributed by atoms with Crippen molar-refractivity contribution in [1.82, 2.24) is 10.6 Å². The standard InChI is InChI=1S/C19H31N3O2.HI/c1-3-20-19(21-11-6-12-24-14-16-9-10-16)22-13-17-7-4-5-8-18(17)15-23-2;/h4-5,7-8,16H,3,6,9-15H2,1-2H3,(H2,20,21,22);1H. The molecule has 1 aliphatic carbocycles. The molecule has 1 aromatic rings. The minimum atomic E-state index is 0. The third kappa shape index (κ3) is 9.42. The second-order valence-corrected chi connectivity index (χ2v) is 6.20. The summed E-state index contributed by atoms with van der Waals surface area (Å²) in [6, 6.07) is 8.27. The van der Waals surface area contributed by atoms with Crippen molar-refractivity contribution < 1.29 is 9.47 Å². The van der Waals surface area contributed by atoms with Gasteiger partial charge in [-0.15, -0.1) is 24.0 Å². The Kier molecular flexibility index (Phi) is 11.9. The Morgan fingerprint density at radius 3 is 2.64 bits per heavy atom. The summed E-state index contributed by atoms with van der Waals surface area (Å²) in [5.74, 6) is 1.69. The number of ether oxygens (including phenoxy) is 2. The molecule has 0 heterocycles. The van der Waals surface area contributed by atoms with Gasteiger partial charge in [-0.3, -0.25) is 0 Å². The van der Waals surface area contributed by atoms with Gasteiger partial charge in [0.1, 0.15) is 0 Å². The fourth-order valence-electron chi connectivity index (χ4n) is 2.43. The maximum absolute atomic E-state index is 5.66. The van der Waals surface area contributed by atoms with Crippen LogP contribution < -0.4 is 10.6 Å². The monoisotopic (exact) mass is 461 g/mol. The highest BCUT2D eigenvalue weighted by atomic mass is 127. The van der Waals surface area contributed by atoms with Crippen LogP contribution in [-0.4, -0.2) is 39.4 Å². The molecule has 142 valence electrons. The van der Waals surface area contributed by atoms with E-state index in [2.05, 4.69) is 34.7 Å². The molecule has 0 amide bonds. The molecule has 5 nitrogen and oxygen atoms in total. The zero-order valence-corrected chi connectivity index (χ0v) is 17.8. The van der Waals surface area contributed by atoms with Crippen LogP contribution in [0.5, 0.6) is 0 Å². The van der Waals surface area contributed by atoms with E-state index in [1.54, 1.807) is 7.11 Å². The molecular weight excluding hydrogens is 429 g/mol. The number of methoxy groups -OCH3 is 1. The SMILES string of the molecule is CCNC(=NCc1ccccc1COC)NCCCOCC1CC1.I. The number of aliphatic imine (C=N–C) groups is 1. The minimum absolute atomic E-state index is 0. The highest BCUT2D eigenvalue weighted by Gasteiger charge is 2.20. The predicted molar refractivity (Wildman–Crippen MR) is 114 cm³/mol. The van der Waals surface area contributed by atoms with Gasteiger partial charge in [0.05, 0.1) is 13.2 Å². The first-order chi connectivity index (χ1) is 11.8. The first kappa shape index (κ1) is 22.2. The van der Waals surface area contributed by atoms with Gasteiger partial charge in [-0.05, 0) is 43.2 Å². The Morgan fingerprint density at radius 1 is 1.20 bits per heavy atom. The number of halogens is 1. The molecule has 25 heavy (non-hydrogen) atoms. The van der Waals surface area contributed by atoms with E-state index in [0.29, 0.717) is 13.2 Å². The predicted octanol–water partition coefficient (Wildman–Crippen LogP) is 3.32. The van der Waals surface area contributed by atoms with Crippen molar-refractivity contribution in [3.05, 3.63) is 35.4 Å². The lowest BCUT2D eigenvalue weighted by atomic mass is 10.1. The maximum Gasteiger partial charge on any atom is 0.191 e. The Bertz CT molecular complexity index is 507. The largest absolute Gasteiger partial charge is 0.381 e. The maximum atomic E-state index is 5.66. The van der Waals surface area contributed by atoms with Crippen molar-refractivity contribution in [3.8, 4) is 0 Å². The molecule has 0 atom stereocenters. The van der Waals surface area contributed by atoms with Gasteiger partial charge in [-0.1, -0.05) is 24.3 Å². The lowest BCUT2D eigenvalue weighted by molar-refractivity contribution is 0.123. The molecule has 1 saturated carbocycles. The number of hydrogen-bond donors (Lipinski definition) is 2. The Hall–Kier alpha value is -0.860. The second kappa shape index (κ2) is 13.4. The minimum Gasteiger partial charge on any atom is -0.381 e. The molecule has 0 unspecified atom stereocenters. The number of nitrogens with zero attached hydrogens (tertiary/aromatic N) is 1. The van der Waals surface area contributed by atoms with E-state index in [9.17, 15) is 0 Å². The van der Waals surface area contributed by atoms with Crippen LogP contribution in [0.1, 0.15) is 37.3 Å². The lowest BCUT2D eigenvalue weighted by Crippen LogP contribution is -2.38. The van der Waals surface area contributed by atoms with Crippen LogP contribution in [0.4, 0.5) is 0 Å². The van der Waals surface area contributed by atoms with Crippen LogP contribution in [-0.2, 0) is 22.6 Å². The summed E-state index contributed by atoms with van der Waals surface area (Å²) < 4.78 is 10.9. The van der Waals surface area contributed by atoms with Crippen molar-refractivity contribution in [2.45, 2.75) is 39.3 Å². The van der Waals surface area contributed by atoms with E-state index >= 15 is 0 Å². The van der Waals surface area contributed by atoms with Gasteiger partial charge >= 0.3 is 0 Å². The van der Waals surface area contributed by atoms with Crippen molar-refractivity contribution in [2.75, 3.05) is 33.4 Å². The molecule has 0 bridgehead atoms. The smallest absolute Gasteiger partial charge is 0.191 e. The molecule has 1 aromatic carbocycles. The highest BCUT2D eigenvalue weighted by molar-refractivity contribution is 14.0. The van der Waals surface area contributed by atoms with Crippen molar-refractivity contribution in [3.63, 3.8) is 0 Å². The molecule has 0 radical (unpaired) electrons. The number of benzene rings is 1. The van der Waals surface area contributed by atoms with E-state index < -0.39 is 0 Å². The topological polar surface area (TPSA) is 54.9 Å². The molecule has 2 rings (SSSR count). The zero-order chi connectivity index (χ0) is 17.0. The molecular formula is C19H32IN3O2. The Balaban J connectivity index is 0.00000312. The summed E-state index contributed by atoms with van der Waals surface area (Å²) in [6.45, 7) is 6.82. The van der Waals surface area contributed by atoms with Crippen molar-refractivity contribution in [2.24, 2.45) is 10.9 Å². The average molecular weight is 461 g/mol. The van der Waals surface area contributed by atoms with Gasteiger partial charge in [0.15, 0.2) is 5.96 Å². The zero-order valence-electron chi connectivity index (χ0n) is 15.4. The van der Waals surface area contributed by atoms with Gasteiger partial charge in [-0.2, -0.15) is 0 Å². The van der Waals surface area contributed by atoms with Gasteiger partial charge in [0.2, 0.25) is 0 Å². The molecule has 2 N–H and O–H groups in total. The summed E-state index contributed by atoms with van der Waals surface area (Å²) >= 11 is 0. The van der Waals surface area contributed by atoms with E-state index in [0.717, 1.165) is 44.6 Å². The Labute approximate surface area is 169 Å². The number of nitrogens with one attached hydrogen (secondary N) is 2. The third-order valence-corrected chi connectivity index (χ3v) is 3.98. The summed E-state index contributed by atoms with van der Waals surface area (Å²) in [7, 11) is 1.72. The van der Waals surface area contributed by atoms with Gasteiger partial charge in [0, 0.05) is 33.4 Å². The number of guanidine groups is 1. The Morgan fingerprint density at radius 2 is 1.96 bits per heavy atom. The van der Waals surface area contributed by atoms with Crippen molar-refractivity contribution in [1.29, 1.82) is 0 Å². The molecule has 0 spiro atoms. The van der Waals surface area contributed by atoms with Gasteiger partial charge in [0.25, 0.3) is 0 Å². The highest BCUT2D eigenvalue weighted by Crippen LogP contribution is 2.28. The molecule has 1 aliphatic rings. The van der Waals surface area contributed by atoms with Gasteiger partial charge in [-0.25, -0.2) is 4.99 Å². The van der Waals surface area contributed by atoms with E-state index in [4.69, 9.17) is 9.47 Å². The van der Waals surface area contributed by atoms with Crippen LogP contribution in [0.2, 0.25) is 0 Å². The van der Waals surface area contributed by atoms with Crippen molar-refractivity contribution >= 4 is 29.9 Å². The molecule has 1 fully saturated rings. The van der Waals surface area contributed by atoms with E-state index in [1.807, 2.05) is 12.1 Å². The van der Waals surface area contributed by atoms with Crippen LogP contribution >= 0.6 is 24.0 Å². The summed E-state index contributed by atoms with van der Waals surface area (Å²) in [4.78, 5) is 4.68. The first-order valence-corrected chi connectivity index (χ1v) is 8.99. The summed E-state index contributed by atoms with van der Waals surface area (Å²) in [6.07, 6.45) is 3.69. The van der Waals surface area contributed by atoms with E-state index in [-0.39, 0.29) is 24.0 Å². The lowest BCUT2D eigenvalue weighted by Gasteiger charge is -2.12.